The van der Waals surface area contributed by atoms with Gasteiger partial charge in [-0.3, -0.25) is 10.8 Å². The summed E-state index contributed by atoms with van der Waals surface area (Å²) in [6, 6.07) is 11.4. The van der Waals surface area contributed by atoms with Gasteiger partial charge in [-0.2, -0.15) is 0 Å². The average Bonchev–Trinajstić information content (AvgIpc) is 2.55. The van der Waals surface area contributed by atoms with E-state index in [-0.39, 0.29) is 6.04 Å². The number of para-hydroxylation sites is 1. The molecule has 21 heavy (non-hydrogen) atoms. The lowest BCUT2D eigenvalue weighted by atomic mass is 10.1. The van der Waals surface area contributed by atoms with Crippen molar-refractivity contribution in [3.05, 3.63) is 54.4 Å². The molecule has 3 N–H and O–H groups in total. The van der Waals surface area contributed by atoms with E-state index in [1.165, 1.54) is 0 Å². The Hall–Kier alpha value is -2.11. The van der Waals surface area contributed by atoms with Gasteiger partial charge in [0.05, 0.1) is 18.8 Å². The van der Waals surface area contributed by atoms with E-state index < -0.39 is 0 Å². The lowest BCUT2D eigenvalue weighted by Crippen LogP contribution is -2.32. The van der Waals surface area contributed by atoms with Gasteiger partial charge in [0.1, 0.15) is 18.1 Å². The second kappa shape index (κ2) is 8.24. The van der Waals surface area contributed by atoms with E-state index in [9.17, 15) is 0 Å². The molecule has 0 amide bonds. The summed E-state index contributed by atoms with van der Waals surface area (Å²) in [7, 11) is 0. The van der Waals surface area contributed by atoms with Crippen LogP contribution in [-0.4, -0.2) is 18.2 Å². The Morgan fingerprint density at radius 3 is 2.67 bits per heavy atom. The molecule has 1 atom stereocenters. The Balaban J connectivity index is 1.99. The van der Waals surface area contributed by atoms with Crippen LogP contribution in [0.3, 0.4) is 0 Å². The summed E-state index contributed by atoms with van der Waals surface area (Å²) in [5.74, 6) is 7.17. The molecule has 0 aliphatic carbocycles. The van der Waals surface area contributed by atoms with Crippen LogP contribution < -0.4 is 20.7 Å². The zero-order chi connectivity index (χ0) is 14.9. The Bertz CT molecular complexity index is 534. The maximum absolute atomic E-state index is 5.72. The first-order chi connectivity index (χ1) is 10.3. The zero-order valence-corrected chi connectivity index (χ0v) is 12.2. The van der Waals surface area contributed by atoms with Crippen LogP contribution in [0.1, 0.15) is 24.9 Å². The lowest BCUT2D eigenvalue weighted by Gasteiger charge is -2.17. The number of hydrogen-bond donors (Lipinski definition) is 2. The van der Waals surface area contributed by atoms with E-state index in [1.807, 2.05) is 36.4 Å². The first-order valence-electron chi connectivity index (χ1n) is 7.05. The smallest absolute Gasteiger partial charge is 0.137 e. The van der Waals surface area contributed by atoms with Gasteiger partial charge in [0.2, 0.25) is 0 Å². The Labute approximate surface area is 125 Å². The van der Waals surface area contributed by atoms with Gasteiger partial charge in [-0.1, -0.05) is 25.1 Å². The Morgan fingerprint density at radius 1 is 1.14 bits per heavy atom. The van der Waals surface area contributed by atoms with Crippen LogP contribution in [0.15, 0.2) is 48.8 Å². The van der Waals surface area contributed by atoms with Crippen LogP contribution in [0.4, 0.5) is 0 Å². The molecule has 0 fully saturated rings. The quantitative estimate of drug-likeness (QED) is 0.576. The van der Waals surface area contributed by atoms with Crippen molar-refractivity contribution >= 4 is 0 Å². The number of hydrazine groups is 1. The van der Waals surface area contributed by atoms with Gasteiger partial charge in [-0.25, -0.2) is 5.43 Å². The molecular formula is C16H21N3O2. The third-order valence-corrected chi connectivity index (χ3v) is 2.97. The van der Waals surface area contributed by atoms with Crippen LogP contribution in [0.5, 0.6) is 11.5 Å². The largest absolute Gasteiger partial charge is 0.492 e. The number of nitrogens with two attached hydrogens (primary N) is 1. The van der Waals surface area contributed by atoms with Gasteiger partial charge in [0, 0.05) is 6.20 Å². The molecule has 0 aliphatic heterocycles. The molecule has 0 radical (unpaired) electrons. The van der Waals surface area contributed by atoms with E-state index in [4.69, 9.17) is 15.3 Å². The second-order valence-electron chi connectivity index (χ2n) is 4.65. The number of nitrogens with one attached hydrogen (secondary N) is 1. The Morgan fingerprint density at radius 2 is 1.95 bits per heavy atom. The molecule has 0 saturated heterocycles. The third kappa shape index (κ3) is 4.73. The normalized spacial score (nSPS) is 11.9. The first-order valence-corrected chi connectivity index (χ1v) is 7.05. The standard InChI is InChI=1S/C16H21N3O2/c1-2-8-20-15-9-13(10-18-11-15)16(19-17)12-21-14-6-4-3-5-7-14/h3-7,9-11,16,19H,2,8,12,17H2,1H3. The van der Waals surface area contributed by atoms with E-state index in [1.54, 1.807) is 12.4 Å². The molecule has 1 aromatic carbocycles. The number of nitrogens with zero attached hydrogens (tertiary/aromatic N) is 1. The van der Waals surface area contributed by atoms with Crippen LogP contribution in [0.2, 0.25) is 0 Å². The number of ether oxygens (including phenoxy) is 2. The summed E-state index contributed by atoms with van der Waals surface area (Å²) < 4.78 is 11.3. The van der Waals surface area contributed by atoms with Crippen LogP contribution in [0, 0.1) is 0 Å². The lowest BCUT2D eigenvalue weighted by molar-refractivity contribution is 0.266. The molecule has 1 aromatic heterocycles. The molecular weight excluding hydrogens is 266 g/mol. The van der Waals surface area contributed by atoms with E-state index >= 15 is 0 Å². The highest BCUT2D eigenvalue weighted by molar-refractivity contribution is 5.27. The third-order valence-electron chi connectivity index (χ3n) is 2.97. The SMILES string of the molecule is CCCOc1cncc(C(COc2ccccc2)NN)c1. The van der Waals surface area contributed by atoms with Gasteiger partial charge < -0.3 is 9.47 Å². The molecule has 0 aliphatic rings. The number of rotatable bonds is 8. The maximum Gasteiger partial charge on any atom is 0.137 e. The molecule has 5 heteroatoms. The zero-order valence-electron chi connectivity index (χ0n) is 12.2. The number of hydrogen-bond acceptors (Lipinski definition) is 5. The summed E-state index contributed by atoms with van der Waals surface area (Å²) in [5, 5.41) is 0. The molecule has 1 unspecified atom stereocenters. The van der Waals surface area contributed by atoms with Gasteiger partial charge in [-0.05, 0) is 30.2 Å². The fourth-order valence-electron chi connectivity index (χ4n) is 1.86. The molecule has 2 aromatic rings. The average molecular weight is 287 g/mol. The van der Waals surface area contributed by atoms with E-state index in [0.717, 1.165) is 23.5 Å². The highest BCUT2D eigenvalue weighted by Gasteiger charge is 2.12. The topological polar surface area (TPSA) is 69.4 Å². The fourth-order valence-corrected chi connectivity index (χ4v) is 1.86. The van der Waals surface area contributed by atoms with E-state index in [0.29, 0.717) is 13.2 Å². The minimum atomic E-state index is -0.150. The van der Waals surface area contributed by atoms with Crippen molar-refractivity contribution < 1.29 is 9.47 Å². The molecule has 112 valence electrons. The second-order valence-corrected chi connectivity index (χ2v) is 4.65. The summed E-state index contributed by atoms with van der Waals surface area (Å²) in [6.45, 7) is 3.15. The molecule has 1 heterocycles. The van der Waals surface area contributed by atoms with Crippen LogP contribution >= 0.6 is 0 Å². The van der Waals surface area contributed by atoms with Gasteiger partial charge in [0.15, 0.2) is 0 Å². The predicted molar refractivity (Wildman–Crippen MR) is 82.0 cm³/mol. The van der Waals surface area contributed by atoms with Crippen molar-refractivity contribution in [2.24, 2.45) is 5.84 Å². The monoisotopic (exact) mass is 287 g/mol. The predicted octanol–water partition coefficient (Wildman–Crippen LogP) is 2.45. The van der Waals surface area contributed by atoms with Crippen molar-refractivity contribution in [3.63, 3.8) is 0 Å². The number of benzene rings is 1. The fraction of sp³-hybridized carbons (Fsp3) is 0.312. The molecule has 0 bridgehead atoms. The molecule has 0 spiro atoms. The summed E-state index contributed by atoms with van der Waals surface area (Å²) in [6.07, 6.45) is 4.42. The molecule has 0 saturated carbocycles. The van der Waals surface area contributed by atoms with Crippen molar-refractivity contribution in [3.8, 4) is 11.5 Å². The molecule has 2 rings (SSSR count). The van der Waals surface area contributed by atoms with E-state index in [2.05, 4.69) is 17.3 Å². The highest BCUT2D eigenvalue weighted by Crippen LogP contribution is 2.19. The van der Waals surface area contributed by atoms with Crippen molar-refractivity contribution in [1.82, 2.24) is 10.4 Å². The minimum Gasteiger partial charge on any atom is -0.492 e. The summed E-state index contributed by atoms with van der Waals surface area (Å²) in [4.78, 5) is 4.19. The van der Waals surface area contributed by atoms with Gasteiger partial charge in [0.25, 0.3) is 0 Å². The highest BCUT2D eigenvalue weighted by atomic mass is 16.5. The van der Waals surface area contributed by atoms with Crippen molar-refractivity contribution in [2.45, 2.75) is 19.4 Å². The summed E-state index contributed by atoms with van der Waals surface area (Å²) in [5.41, 5.74) is 3.68. The molecule has 5 nitrogen and oxygen atoms in total. The van der Waals surface area contributed by atoms with Gasteiger partial charge >= 0.3 is 0 Å². The van der Waals surface area contributed by atoms with Crippen molar-refractivity contribution in [1.29, 1.82) is 0 Å². The first kappa shape index (κ1) is 15.3. The minimum absolute atomic E-state index is 0.150. The maximum atomic E-state index is 5.72. The summed E-state index contributed by atoms with van der Waals surface area (Å²) >= 11 is 0. The van der Waals surface area contributed by atoms with Crippen molar-refractivity contribution in [2.75, 3.05) is 13.2 Å². The Kier molecular flexibility index (Phi) is 5.99. The van der Waals surface area contributed by atoms with Crippen LogP contribution in [0.25, 0.3) is 0 Å². The number of aromatic nitrogens is 1. The van der Waals surface area contributed by atoms with Gasteiger partial charge in [-0.15, -0.1) is 0 Å². The van der Waals surface area contributed by atoms with Crippen LogP contribution in [-0.2, 0) is 0 Å². The number of pyridine rings is 1.